The van der Waals surface area contributed by atoms with Gasteiger partial charge < -0.3 is 10.2 Å². The van der Waals surface area contributed by atoms with Crippen molar-refractivity contribution in [3.63, 3.8) is 0 Å². The monoisotopic (exact) mass is 215 g/mol. The molecule has 0 saturated carbocycles. The second-order valence-electron chi connectivity index (χ2n) is 4.63. The van der Waals surface area contributed by atoms with Crippen LogP contribution >= 0.6 is 0 Å². The maximum atomic E-state index is 3.49. The van der Waals surface area contributed by atoms with E-state index in [0.29, 0.717) is 6.04 Å². The van der Waals surface area contributed by atoms with Gasteiger partial charge in [-0.3, -0.25) is 4.90 Å². The molecule has 0 unspecified atom stereocenters. The van der Waals surface area contributed by atoms with Crippen LogP contribution in [0.25, 0.3) is 0 Å². The molecule has 0 atom stereocenters. The summed E-state index contributed by atoms with van der Waals surface area (Å²) < 4.78 is 0. The molecule has 0 heterocycles. The lowest BCUT2D eigenvalue weighted by Gasteiger charge is -2.24. The maximum absolute atomic E-state index is 3.49. The standard InChI is InChI=1S/C12H29N3/c1-6-15(12(2)3)11-9-13-8-7-10-14(4)5/h12-13H,6-11H2,1-5H3. The first-order valence-electron chi connectivity index (χ1n) is 6.17. The van der Waals surface area contributed by atoms with Gasteiger partial charge in [0.15, 0.2) is 0 Å². The van der Waals surface area contributed by atoms with E-state index in [1.165, 1.54) is 13.0 Å². The predicted octanol–water partition coefficient (Wildman–Crippen LogP) is 1.26. The van der Waals surface area contributed by atoms with Crippen molar-refractivity contribution in [1.29, 1.82) is 0 Å². The summed E-state index contributed by atoms with van der Waals surface area (Å²) in [5, 5.41) is 3.49. The van der Waals surface area contributed by atoms with E-state index >= 15 is 0 Å². The fourth-order valence-electron chi connectivity index (χ4n) is 1.65. The lowest BCUT2D eigenvalue weighted by atomic mass is 10.3. The summed E-state index contributed by atoms with van der Waals surface area (Å²) in [6.45, 7) is 12.5. The van der Waals surface area contributed by atoms with E-state index in [-0.39, 0.29) is 0 Å². The van der Waals surface area contributed by atoms with Crippen LogP contribution in [0.4, 0.5) is 0 Å². The van der Waals surface area contributed by atoms with Crippen molar-refractivity contribution in [2.75, 3.05) is 46.8 Å². The molecular formula is C12H29N3. The summed E-state index contributed by atoms with van der Waals surface area (Å²) in [5.41, 5.74) is 0. The summed E-state index contributed by atoms with van der Waals surface area (Å²) in [5.74, 6) is 0. The Labute approximate surface area is 95.8 Å². The molecule has 3 nitrogen and oxygen atoms in total. The smallest absolute Gasteiger partial charge is 0.0109 e. The molecular weight excluding hydrogens is 186 g/mol. The summed E-state index contributed by atoms with van der Waals surface area (Å²) in [4.78, 5) is 4.72. The molecule has 0 aliphatic rings. The van der Waals surface area contributed by atoms with Crippen LogP contribution in [0.1, 0.15) is 27.2 Å². The molecule has 0 fully saturated rings. The molecule has 0 aliphatic carbocycles. The normalized spacial score (nSPS) is 12.0. The topological polar surface area (TPSA) is 18.5 Å². The van der Waals surface area contributed by atoms with E-state index in [4.69, 9.17) is 0 Å². The molecule has 3 heteroatoms. The Morgan fingerprint density at radius 1 is 1.07 bits per heavy atom. The predicted molar refractivity (Wildman–Crippen MR) is 68.4 cm³/mol. The van der Waals surface area contributed by atoms with Gasteiger partial charge in [-0.25, -0.2) is 0 Å². The van der Waals surface area contributed by atoms with Crippen molar-refractivity contribution in [2.24, 2.45) is 0 Å². The van der Waals surface area contributed by atoms with Gasteiger partial charge in [0.05, 0.1) is 0 Å². The zero-order valence-corrected chi connectivity index (χ0v) is 11.2. The molecule has 0 saturated heterocycles. The Morgan fingerprint density at radius 3 is 2.20 bits per heavy atom. The third-order valence-electron chi connectivity index (χ3n) is 2.67. The Morgan fingerprint density at radius 2 is 1.73 bits per heavy atom. The number of rotatable bonds is 9. The van der Waals surface area contributed by atoms with Gasteiger partial charge >= 0.3 is 0 Å². The van der Waals surface area contributed by atoms with E-state index < -0.39 is 0 Å². The number of nitrogens with one attached hydrogen (secondary N) is 1. The zero-order valence-electron chi connectivity index (χ0n) is 11.2. The second-order valence-corrected chi connectivity index (χ2v) is 4.63. The van der Waals surface area contributed by atoms with Crippen molar-refractivity contribution in [3.8, 4) is 0 Å². The van der Waals surface area contributed by atoms with Gasteiger partial charge in [-0.05, 0) is 54.0 Å². The largest absolute Gasteiger partial charge is 0.315 e. The van der Waals surface area contributed by atoms with Crippen molar-refractivity contribution < 1.29 is 0 Å². The summed E-state index contributed by atoms with van der Waals surface area (Å²) in [6.07, 6.45) is 1.24. The Kier molecular flexibility index (Phi) is 9.06. The van der Waals surface area contributed by atoms with E-state index in [9.17, 15) is 0 Å². The van der Waals surface area contributed by atoms with Crippen LogP contribution in [0.5, 0.6) is 0 Å². The highest BCUT2D eigenvalue weighted by Gasteiger charge is 2.04. The minimum Gasteiger partial charge on any atom is -0.315 e. The fraction of sp³-hybridized carbons (Fsp3) is 1.00. The van der Waals surface area contributed by atoms with E-state index in [1.54, 1.807) is 0 Å². The lowest BCUT2D eigenvalue weighted by molar-refractivity contribution is 0.233. The third-order valence-corrected chi connectivity index (χ3v) is 2.67. The number of hydrogen-bond acceptors (Lipinski definition) is 3. The second kappa shape index (κ2) is 9.13. The molecule has 0 amide bonds. The first kappa shape index (κ1) is 14.9. The lowest BCUT2D eigenvalue weighted by Crippen LogP contribution is -2.37. The zero-order chi connectivity index (χ0) is 11.7. The molecule has 0 aromatic carbocycles. The number of nitrogens with zero attached hydrogens (tertiary/aromatic N) is 2. The quantitative estimate of drug-likeness (QED) is 0.584. The number of hydrogen-bond donors (Lipinski definition) is 1. The molecule has 0 bridgehead atoms. The Balaban J connectivity index is 3.29. The van der Waals surface area contributed by atoms with Gasteiger partial charge in [-0.15, -0.1) is 0 Å². The molecule has 0 spiro atoms. The molecule has 1 N–H and O–H groups in total. The van der Waals surface area contributed by atoms with E-state index in [0.717, 1.165) is 26.2 Å². The van der Waals surface area contributed by atoms with Gasteiger partial charge in [0.25, 0.3) is 0 Å². The van der Waals surface area contributed by atoms with Crippen LogP contribution in [-0.2, 0) is 0 Å². The summed E-state index contributed by atoms with van der Waals surface area (Å²) in [6, 6.07) is 0.665. The van der Waals surface area contributed by atoms with Crippen molar-refractivity contribution in [3.05, 3.63) is 0 Å². The number of likely N-dealkylation sites (N-methyl/N-ethyl adjacent to an activating group) is 1. The van der Waals surface area contributed by atoms with Crippen LogP contribution in [0, 0.1) is 0 Å². The summed E-state index contributed by atoms with van der Waals surface area (Å²) >= 11 is 0. The summed E-state index contributed by atoms with van der Waals surface area (Å²) in [7, 11) is 4.25. The van der Waals surface area contributed by atoms with Crippen LogP contribution in [-0.4, -0.2) is 62.7 Å². The van der Waals surface area contributed by atoms with E-state index in [1.807, 2.05) is 0 Å². The fourth-order valence-corrected chi connectivity index (χ4v) is 1.65. The first-order valence-corrected chi connectivity index (χ1v) is 6.17. The van der Waals surface area contributed by atoms with Crippen molar-refractivity contribution >= 4 is 0 Å². The Bertz CT molecular complexity index is 135. The van der Waals surface area contributed by atoms with Crippen molar-refractivity contribution in [1.82, 2.24) is 15.1 Å². The molecule has 0 radical (unpaired) electrons. The van der Waals surface area contributed by atoms with Gasteiger partial charge in [0.2, 0.25) is 0 Å². The minimum atomic E-state index is 0.665. The van der Waals surface area contributed by atoms with Crippen LogP contribution in [0.2, 0.25) is 0 Å². The average molecular weight is 215 g/mol. The molecule has 0 aromatic heterocycles. The Hall–Kier alpha value is -0.120. The van der Waals surface area contributed by atoms with Crippen LogP contribution in [0.15, 0.2) is 0 Å². The average Bonchev–Trinajstić information content (AvgIpc) is 2.15. The molecule has 15 heavy (non-hydrogen) atoms. The third kappa shape index (κ3) is 8.85. The van der Waals surface area contributed by atoms with Gasteiger partial charge in [-0.2, -0.15) is 0 Å². The van der Waals surface area contributed by atoms with Crippen LogP contribution in [0.3, 0.4) is 0 Å². The minimum absolute atomic E-state index is 0.665. The highest BCUT2D eigenvalue weighted by atomic mass is 15.2. The molecule has 0 aromatic rings. The molecule has 92 valence electrons. The van der Waals surface area contributed by atoms with Crippen molar-refractivity contribution in [2.45, 2.75) is 33.2 Å². The van der Waals surface area contributed by atoms with E-state index in [2.05, 4.69) is 50.0 Å². The maximum Gasteiger partial charge on any atom is 0.0109 e. The highest BCUT2D eigenvalue weighted by Crippen LogP contribution is 1.95. The molecule has 0 rings (SSSR count). The van der Waals surface area contributed by atoms with Gasteiger partial charge in [0, 0.05) is 19.1 Å². The molecule has 0 aliphatic heterocycles. The van der Waals surface area contributed by atoms with Crippen LogP contribution < -0.4 is 5.32 Å². The first-order chi connectivity index (χ1) is 7.07. The van der Waals surface area contributed by atoms with Gasteiger partial charge in [0.1, 0.15) is 0 Å². The van der Waals surface area contributed by atoms with Gasteiger partial charge in [-0.1, -0.05) is 6.92 Å². The highest BCUT2D eigenvalue weighted by molar-refractivity contribution is 4.62. The SMILES string of the molecule is CCN(CCNCCCN(C)C)C(C)C.